The zero-order valence-electron chi connectivity index (χ0n) is 13.4. The normalized spacial score (nSPS) is 22.0. The number of aliphatic carboxylic acids is 1. The fourth-order valence-corrected chi connectivity index (χ4v) is 3.16. The highest BCUT2D eigenvalue weighted by Crippen LogP contribution is 2.33. The van der Waals surface area contributed by atoms with Crippen molar-refractivity contribution >= 4 is 23.5 Å². The molecule has 0 bridgehead atoms. The topological polar surface area (TPSA) is 95.9 Å². The van der Waals surface area contributed by atoms with Gasteiger partial charge in [0.1, 0.15) is 11.3 Å². The molecule has 1 saturated heterocycles. The number of hydrogen-bond donors (Lipinski definition) is 2. The van der Waals surface area contributed by atoms with Gasteiger partial charge < -0.3 is 20.1 Å². The highest BCUT2D eigenvalue weighted by molar-refractivity contribution is 6.01. The first kappa shape index (κ1) is 16.3. The number of benzene rings is 1. The van der Waals surface area contributed by atoms with Gasteiger partial charge >= 0.3 is 5.97 Å². The van der Waals surface area contributed by atoms with Crippen molar-refractivity contribution in [2.45, 2.75) is 31.2 Å². The van der Waals surface area contributed by atoms with E-state index in [2.05, 4.69) is 5.32 Å². The maximum atomic E-state index is 12.4. The fraction of sp³-hybridized carbons (Fsp3) is 0.471. The van der Waals surface area contributed by atoms with E-state index in [9.17, 15) is 19.5 Å². The molecule has 7 nitrogen and oxygen atoms in total. The summed E-state index contributed by atoms with van der Waals surface area (Å²) in [6, 6.07) is 7.04. The highest BCUT2D eigenvalue weighted by Gasteiger charge is 2.47. The minimum Gasteiger partial charge on any atom is -0.497 e. The lowest BCUT2D eigenvalue weighted by Gasteiger charge is -2.38. The first-order valence-electron chi connectivity index (χ1n) is 7.95. The number of anilines is 1. The molecule has 1 aromatic rings. The number of carbonyl (C=O) groups excluding carboxylic acids is 2. The van der Waals surface area contributed by atoms with Crippen molar-refractivity contribution in [1.82, 2.24) is 5.32 Å². The van der Waals surface area contributed by atoms with Crippen LogP contribution in [-0.2, 0) is 14.4 Å². The number of ether oxygens (including phenoxy) is 1. The third kappa shape index (κ3) is 2.81. The molecule has 1 atom stereocenters. The second-order valence-electron chi connectivity index (χ2n) is 6.33. The first-order valence-corrected chi connectivity index (χ1v) is 7.95. The summed E-state index contributed by atoms with van der Waals surface area (Å²) in [6.07, 6.45) is 1.76. The Kier molecular flexibility index (Phi) is 4.17. The van der Waals surface area contributed by atoms with Crippen LogP contribution in [0.15, 0.2) is 24.3 Å². The van der Waals surface area contributed by atoms with E-state index in [1.165, 1.54) is 0 Å². The Labute approximate surface area is 139 Å². The molecule has 0 spiro atoms. The number of amides is 2. The lowest BCUT2D eigenvalue weighted by molar-refractivity contribution is -0.152. The summed E-state index contributed by atoms with van der Waals surface area (Å²) < 4.78 is 5.09. The molecule has 1 aliphatic carbocycles. The van der Waals surface area contributed by atoms with Crippen LogP contribution in [0, 0.1) is 5.92 Å². The van der Waals surface area contributed by atoms with Crippen LogP contribution in [0.4, 0.5) is 5.69 Å². The maximum Gasteiger partial charge on any atom is 0.329 e. The molecular formula is C17H20N2O5. The van der Waals surface area contributed by atoms with Crippen molar-refractivity contribution in [2.75, 3.05) is 18.6 Å². The summed E-state index contributed by atoms with van der Waals surface area (Å²) in [6.45, 7) is 0.257. The van der Waals surface area contributed by atoms with Crippen LogP contribution in [0.1, 0.15) is 25.7 Å². The molecule has 1 unspecified atom stereocenters. The third-order valence-corrected chi connectivity index (χ3v) is 4.86. The molecule has 1 heterocycles. The highest BCUT2D eigenvalue weighted by atomic mass is 16.5. The molecule has 7 heteroatoms. The molecule has 3 rings (SSSR count). The van der Waals surface area contributed by atoms with E-state index in [0.717, 1.165) is 6.42 Å². The summed E-state index contributed by atoms with van der Waals surface area (Å²) >= 11 is 0. The summed E-state index contributed by atoms with van der Waals surface area (Å²) in [5.74, 6) is -1.34. The molecule has 2 fully saturated rings. The molecule has 1 aliphatic heterocycles. The minimum atomic E-state index is -1.15. The zero-order chi connectivity index (χ0) is 17.3. The van der Waals surface area contributed by atoms with Gasteiger partial charge in [-0.3, -0.25) is 9.59 Å². The van der Waals surface area contributed by atoms with E-state index in [0.29, 0.717) is 24.3 Å². The maximum absolute atomic E-state index is 12.4. The van der Waals surface area contributed by atoms with Gasteiger partial charge in [0, 0.05) is 18.7 Å². The average molecular weight is 332 g/mol. The monoisotopic (exact) mass is 332 g/mol. The summed E-state index contributed by atoms with van der Waals surface area (Å²) in [5.41, 5.74) is -0.444. The number of carboxylic acid groups (broad SMARTS) is 1. The van der Waals surface area contributed by atoms with Gasteiger partial charge in [-0.15, -0.1) is 0 Å². The van der Waals surface area contributed by atoms with Gasteiger partial charge in [0.2, 0.25) is 11.8 Å². The average Bonchev–Trinajstić information content (AvgIpc) is 2.92. The van der Waals surface area contributed by atoms with Crippen LogP contribution in [0.25, 0.3) is 0 Å². The molecule has 0 radical (unpaired) electrons. The van der Waals surface area contributed by atoms with Crippen molar-refractivity contribution in [2.24, 2.45) is 5.92 Å². The Morgan fingerprint density at radius 2 is 1.96 bits per heavy atom. The largest absolute Gasteiger partial charge is 0.497 e. The van der Waals surface area contributed by atoms with Crippen molar-refractivity contribution in [3.8, 4) is 5.75 Å². The number of nitrogens with zero attached hydrogens (tertiary/aromatic N) is 1. The van der Waals surface area contributed by atoms with E-state index in [-0.39, 0.29) is 24.8 Å². The Bertz CT molecular complexity index is 666. The van der Waals surface area contributed by atoms with Gasteiger partial charge in [0.05, 0.1) is 13.0 Å². The molecule has 2 N–H and O–H groups in total. The van der Waals surface area contributed by atoms with Gasteiger partial charge in [-0.05, 0) is 43.5 Å². The van der Waals surface area contributed by atoms with Gasteiger partial charge in [0.15, 0.2) is 0 Å². The standard InChI is InChI=1S/C17H20N2O5/c1-24-13-5-3-12(4-6-13)19-10-11(9-14(19)20)15(21)18-17(16(22)23)7-2-8-17/h3-6,11H,2,7-10H2,1H3,(H,18,21)(H,22,23). The Morgan fingerprint density at radius 3 is 2.46 bits per heavy atom. The lowest BCUT2D eigenvalue weighted by Crippen LogP contribution is -2.60. The van der Waals surface area contributed by atoms with Gasteiger partial charge in [-0.1, -0.05) is 0 Å². The quantitative estimate of drug-likeness (QED) is 0.844. The Hall–Kier alpha value is -2.57. The summed E-state index contributed by atoms with van der Waals surface area (Å²) in [7, 11) is 1.56. The predicted molar refractivity (Wildman–Crippen MR) is 85.8 cm³/mol. The third-order valence-electron chi connectivity index (χ3n) is 4.86. The van der Waals surface area contributed by atoms with Gasteiger partial charge in [-0.2, -0.15) is 0 Å². The van der Waals surface area contributed by atoms with Crippen molar-refractivity contribution in [3.05, 3.63) is 24.3 Å². The molecule has 2 aliphatic rings. The predicted octanol–water partition coefficient (Wildman–Crippen LogP) is 1.17. The summed E-state index contributed by atoms with van der Waals surface area (Å²) in [4.78, 5) is 37.5. The fourth-order valence-electron chi connectivity index (χ4n) is 3.16. The number of hydrogen-bond acceptors (Lipinski definition) is 4. The van der Waals surface area contributed by atoms with E-state index >= 15 is 0 Å². The van der Waals surface area contributed by atoms with E-state index < -0.39 is 17.4 Å². The Morgan fingerprint density at radius 1 is 1.29 bits per heavy atom. The lowest BCUT2D eigenvalue weighted by atomic mass is 9.76. The number of carbonyl (C=O) groups is 3. The first-order chi connectivity index (χ1) is 11.4. The molecule has 2 amide bonds. The number of rotatable bonds is 5. The number of methoxy groups -OCH3 is 1. The van der Waals surface area contributed by atoms with Crippen LogP contribution in [0.2, 0.25) is 0 Å². The summed E-state index contributed by atoms with van der Waals surface area (Å²) in [5, 5.41) is 11.9. The molecule has 128 valence electrons. The molecule has 24 heavy (non-hydrogen) atoms. The SMILES string of the molecule is COc1ccc(N2CC(C(=O)NC3(C(=O)O)CCC3)CC2=O)cc1. The Balaban J connectivity index is 1.67. The van der Waals surface area contributed by atoms with Crippen LogP contribution in [-0.4, -0.2) is 42.1 Å². The van der Waals surface area contributed by atoms with Crippen molar-refractivity contribution in [1.29, 1.82) is 0 Å². The molecule has 1 aromatic carbocycles. The van der Waals surface area contributed by atoms with Gasteiger partial charge in [0.25, 0.3) is 0 Å². The van der Waals surface area contributed by atoms with Crippen LogP contribution >= 0.6 is 0 Å². The number of nitrogens with one attached hydrogen (secondary N) is 1. The van der Waals surface area contributed by atoms with E-state index in [4.69, 9.17) is 4.74 Å². The van der Waals surface area contributed by atoms with Gasteiger partial charge in [-0.25, -0.2) is 4.79 Å². The minimum absolute atomic E-state index is 0.0908. The molecule has 0 aromatic heterocycles. The van der Waals surface area contributed by atoms with Crippen LogP contribution in [0.5, 0.6) is 5.75 Å². The smallest absolute Gasteiger partial charge is 0.329 e. The van der Waals surface area contributed by atoms with E-state index in [1.54, 1.807) is 36.3 Å². The zero-order valence-corrected chi connectivity index (χ0v) is 13.4. The second-order valence-corrected chi connectivity index (χ2v) is 6.33. The van der Waals surface area contributed by atoms with Crippen molar-refractivity contribution in [3.63, 3.8) is 0 Å². The number of carboxylic acids is 1. The second kappa shape index (κ2) is 6.14. The van der Waals surface area contributed by atoms with Crippen molar-refractivity contribution < 1.29 is 24.2 Å². The molecular weight excluding hydrogens is 312 g/mol. The van der Waals surface area contributed by atoms with Crippen LogP contribution < -0.4 is 15.0 Å². The molecule has 1 saturated carbocycles. The van der Waals surface area contributed by atoms with E-state index in [1.807, 2.05) is 0 Å². The van der Waals surface area contributed by atoms with Crippen LogP contribution in [0.3, 0.4) is 0 Å².